The minimum atomic E-state index is -5.10. The van der Waals surface area contributed by atoms with Crippen molar-refractivity contribution in [2.75, 3.05) is 6.61 Å². The van der Waals surface area contributed by atoms with Gasteiger partial charge in [-0.2, -0.15) is 25.3 Å². The first-order valence-electron chi connectivity index (χ1n) is 21.3. The van der Waals surface area contributed by atoms with Crippen LogP contribution in [0, 0.1) is 46.3 Å². The average molecular weight is 859 g/mol. The largest absolute Gasteiger partial charge is 0.466 e. The second kappa shape index (κ2) is 20.6. The molecule has 4 aliphatic rings. The average Bonchev–Trinajstić information content (AvgIpc) is 3.43. The molecule has 0 aromatic rings. The molecule has 0 heterocycles. The second-order valence-electron chi connectivity index (χ2n) is 18.1. The van der Waals surface area contributed by atoms with Crippen molar-refractivity contribution >= 4 is 37.2 Å². The number of ether oxygens (including phenoxy) is 1. The standard InChI is InChI=1S/C39H70O14S3/c1-5-6-7-8-9-10-11-12-13-14-15-16-17-18-37(40)50-24-22-28(2)30-19-20-31-29-25-34(51-54(41,42)43)33-26-35(52-55(44,45)46)36(53-56(47,48)49)27-39(33,4)32(29)21-23-38(30,31)3/h28-36H,5-27H2,1-4H3,(H,41,42,43)(H,44,45,46)(H,47,48,49)/t28-,29+,30-,31+,32+,33-,34+,35+,36+,38-,39-/m1/s1. The Morgan fingerprint density at radius 1 is 0.643 bits per heavy atom. The van der Waals surface area contributed by atoms with E-state index in [9.17, 15) is 43.7 Å². The van der Waals surface area contributed by atoms with Gasteiger partial charge in [-0.25, -0.2) is 12.5 Å². The molecule has 4 saturated carbocycles. The molecular weight excluding hydrogens is 789 g/mol. The minimum Gasteiger partial charge on any atom is -0.466 e. The molecule has 0 aromatic heterocycles. The predicted molar refractivity (Wildman–Crippen MR) is 210 cm³/mol. The van der Waals surface area contributed by atoms with Crippen LogP contribution in [0.2, 0.25) is 0 Å². The van der Waals surface area contributed by atoms with Gasteiger partial charge < -0.3 is 4.74 Å². The summed E-state index contributed by atoms with van der Waals surface area (Å²) in [5.74, 6) is -0.330. The number of esters is 1. The first-order chi connectivity index (χ1) is 26.2. The lowest BCUT2D eigenvalue weighted by molar-refractivity contribution is -0.184. The molecule has 328 valence electrons. The van der Waals surface area contributed by atoms with Crippen LogP contribution >= 0.6 is 0 Å². The van der Waals surface area contributed by atoms with E-state index in [0.717, 1.165) is 44.9 Å². The third-order valence-corrected chi connectivity index (χ3v) is 15.9. The number of carbonyl (C=O) groups is 1. The Balaban J connectivity index is 1.30. The molecule has 0 aromatic carbocycles. The number of hydrogen-bond donors (Lipinski definition) is 3. The van der Waals surface area contributed by atoms with Crippen molar-refractivity contribution in [3.8, 4) is 0 Å². The van der Waals surface area contributed by atoms with Crippen molar-refractivity contribution in [3.05, 3.63) is 0 Å². The summed E-state index contributed by atoms with van der Waals surface area (Å²) in [5, 5.41) is 0. The zero-order valence-corrected chi connectivity index (χ0v) is 36.5. The van der Waals surface area contributed by atoms with Crippen LogP contribution in [0.25, 0.3) is 0 Å². The molecule has 0 amide bonds. The lowest BCUT2D eigenvalue weighted by atomic mass is 9.43. The van der Waals surface area contributed by atoms with Crippen molar-refractivity contribution < 1.29 is 61.0 Å². The molecule has 0 bridgehead atoms. The second-order valence-corrected chi connectivity index (χ2v) is 21.2. The van der Waals surface area contributed by atoms with Crippen LogP contribution in [0.15, 0.2) is 0 Å². The van der Waals surface area contributed by atoms with Crippen LogP contribution in [0.5, 0.6) is 0 Å². The Morgan fingerprint density at radius 2 is 1.14 bits per heavy atom. The summed E-state index contributed by atoms with van der Waals surface area (Å²) in [6.45, 7) is 8.93. The lowest BCUT2D eigenvalue weighted by Gasteiger charge is -2.63. The molecule has 0 unspecified atom stereocenters. The fourth-order valence-corrected chi connectivity index (χ4v) is 13.5. The van der Waals surface area contributed by atoms with Crippen LogP contribution in [0.3, 0.4) is 0 Å². The maximum Gasteiger partial charge on any atom is 0.397 e. The van der Waals surface area contributed by atoms with Crippen molar-refractivity contribution in [2.24, 2.45) is 46.3 Å². The number of rotatable bonds is 24. The molecule has 17 heteroatoms. The smallest absolute Gasteiger partial charge is 0.397 e. The van der Waals surface area contributed by atoms with Gasteiger partial charge in [0.1, 0.15) is 12.2 Å². The summed E-state index contributed by atoms with van der Waals surface area (Å²) in [4.78, 5) is 12.6. The summed E-state index contributed by atoms with van der Waals surface area (Å²) in [6.07, 6.45) is 16.4. The van der Waals surface area contributed by atoms with Gasteiger partial charge in [0.25, 0.3) is 0 Å². The number of carbonyl (C=O) groups excluding carboxylic acids is 1. The molecule has 56 heavy (non-hydrogen) atoms. The first kappa shape index (κ1) is 47.8. The van der Waals surface area contributed by atoms with Crippen LogP contribution in [0.1, 0.15) is 169 Å². The van der Waals surface area contributed by atoms with Gasteiger partial charge in [-0.05, 0) is 104 Å². The van der Waals surface area contributed by atoms with Gasteiger partial charge >= 0.3 is 37.2 Å². The highest BCUT2D eigenvalue weighted by Crippen LogP contribution is 2.69. The van der Waals surface area contributed by atoms with Gasteiger partial charge in [0, 0.05) is 6.42 Å². The van der Waals surface area contributed by atoms with Gasteiger partial charge in [-0.15, -0.1) is 0 Å². The maximum atomic E-state index is 12.6. The predicted octanol–water partition coefficient (Wildman–Crippen LogP) is 8.48. The molecule has 3 N–H and O–H groups in total. The Morgan fingerprint density at radius 3 is 1.70 bits per heavy atom. The SMILES string of the molecule is CCCCCCCCCCCCCCCC(=O)OCC[C@@H](C)[C@H]1CC[C@H]2[C@@H]3C[C@H](OS(=O)(=O)O)[C@H]4C[C@H](OS(=O)(=O)O)[C@@H](OS(=O)(=O)O)C[C@]4(C)[C@H]3CC[C@]12C. The van der Waals surface area contributed by atoms with Crippen LogP contribution in [0.4, 0.5) is 0 Å². The summed E-state index contributed by atoms with van der Waals surface area (Å²) in [5.41, 5.74) is -1.00. The van der Waals surface area contributed by atoms with E-state index in [1.54, 1.807) is 0 Å². The quantitative estimate of drug-likeness (QED) is 0.0471. The molecule has 4 rings (SSSR count). The van der Waals surface area contributed by atoms with Crippen molar-refractivity contribution in [1.29, 1.82) is 0 Å². The molecule has 11 atom stereocenters. The molecule has 0 aliphatic heterocycles. The minimum absolute atomic E-state index is 0.0777. The first-order valence-corrected chi connectivity index (χ1v) is 25.4. The van der Waals surface area contributed by atoms with Crippen molar-refractivity contribution in [1.82, 2.24) is 0 Å². The Hall–Kier alpha value is -0.920. The monoisotopic (exact) mass is 858 g/mol. The zero-order chi connectivity index (χ0) is 41.4. The molecule has 0 radical (unpaired) electrons. The molecule has 4 fully saturated rings. The van der Waals surface area contributed by atoms with Gasteiger partial charge in [-0.1, -0.05) is 105 Å². The van der Waals surface area contributed by atoms with E-state index in [1.165, 1.54) is 64.2 Å². The number of hydrogen-bond acceptors (Lipinski definition) is 11. The Labute approximate surface area is 337 Å². The molecule has 4 aliphatic carbocycles. The van der Waals surface area contributed by atoms with Crippen LogP contribution in [-0.2, 0) is 53.3 Å². The maximum absolute atomic E-state index is 12.6. The van der Waals surface area contributed by atoms with E-state index in [1.807, 2.05) is 6.92 Å². The highest BCUT2D eigenvalue weighted by atomic mass is 32.3. The highest BCUT2D eigenvalue weighted by Gasteiger charge is 2.65. The molecule has 0 spiro atoms. The Kier molecular flexibility index (Phi) is 17.5. The molecule has 14 nitrogen and oxygen atoms in total. The van der Waals surface area contributed by atoms with E-state index in [4.69, 9.17) is 17.3 Å². The van der Waals surface area contributed by atoms with E-state index in [2.05, 4.69) is 20.8 Å². The lowest BCUT2D eigenvalue weighted by Crippen LogP contribution is -2.62. The van der Waals surface area contributed by atoms with Gasteiger partial charge in [-0.3, -0.25) is 18.5 Å². The third kappa shape index (κ3) is 13.5. The van der Waals surface area contributed by atoms with Gasteiger partial charge in [0.15, 0.2) is 0 Å². The summed E-state index contributed by atoms with van der Waals surface area (Å²) < 4.78 is 121. The van der Waals surface area contributed by atoms with E-state index >= 15 is 0 Å². The van der Waals surface area contributed by atoms with Gasteiger partial charge in [0.2, 0.25) is 0 Å². The molecular formula is C39H70O14S3. The van der Waals surface area contributed by atoms with Gasteiger partial charge in [0.05, 0.1) is 12.7 Å². The summed E-state index contributed by atoms with van der Waals surface area (Å²) >= 11 is 0. The van der Waals surface area contributed by atoms with E-state index in [-0.39, 0.29) is 54.3 Å². The topological polar surface area (TPSA) is 217 Å². The Bertz CT molecular complexity index is 1590. The van der Waals surface area contributed by atoms with Crippen molar-refractivity contribution in [2.45, 2.75) is 187 Å². The zero-order valence-electron chi connectivity index (χ0n) is 34.0. The summed E-state index contributed by atoms with van der Waals surface area (Å²) in [6, 6.07) is 0. The van der Waals surface area contributed by atoms with E-state index in [0.29, 0.717) is 25.4 Å². The number of fused-ring (bicyclic) bond motifs is 5. The summed E-state index contributed by atoms with van der Waals surface area (Å²) in [7, 11) is -15.1. The van der Waals surface area contributed by atoms with Crippen molar-refractivity contribution in [3.63, 3.8) is 0 Å². The van der Waals surface area contributed by atoms with Crippen LogP contribution in [-0.4, -0.2) is 69.8 Å². The number of unbranched alkanes of at least 4 members (excludes halogenated alkanes) is 12. The fraction of sp³-hybridized carbons (Fsp3) is 0.974. The van der Waals surface area contributed by atoms with E-state index < -0.39 is 60.8 Å². The van der Waals surface area contributed by atoms with Crippen LogP contribution < -0.4 is 0 Å². The third-order valence-electron chi connectivity index (χ3n) is 14.4. The fourth-order valence-electron chi connectivity index (χ4n) is 11.9. The molecule has 0 saturated heterocycles. The normalized spacial score (nSPS) is 34.0. The highest BCUT2D eigenvalue weighted by molar-refractivity contribution is 7.81.